The van der Waals surface area contributed by atoms with Gasteiger partial charge in [-0.3, -0.25) is 4.79 Å². The van der Waals surface area contributed by atoms with E-state index in [2.05, 4.69) is 62.1 Å². The third-order valence-corrected chi connectivity index (χ3v) is 5.63. The van der Waals surface area contributed by atoms with E-state index in [-0.39, 0.29) is 11.4 Å². The summed E-state index contributed by atoms with van der Waals surface area (Å²) in [5.41, 5.74) is 2.92. The zero-order valence-corrected chi connectivity index (χ0v) is 15.1. The number of fused-ring (bicyclic) bond motifs is 3. The maximum absolute atomic E-state index is 11.3. The van der Waals surface area contributed by atoms with Crippen molar-refractivity contribution in [2.24, 2.45) is 0 Å². The van der Waals surface area contributed by atoms with Crippen molar-refractivity contribution >= 4 is 22.4 Å². The summed E-state index contributed by atoms with van der Waals surface area (Å²) in [4.78, 5) is 13.8. The number of carbonyl (C=O) groups excluding carboxylic acids is 1. The van der Waals surface area contributed by atoms with Crippen LogP contribution in [-0.4, -0.2) is 25.7 Å². The molecular weight excluding hydrogens is 298 g/mol. The Kier molecular flexibility index (Phi) is 4.53. The highest BCUT2D eigenvalue weighted by molar-refractivity contribution is 5.93. The molecule has 128 valence electrons. The minimum atomic E-state index is -0.115. The van der Waals surface area contributed by atoms with Crippen LogP contribution < -0.4 is 4.90 Å². The summed E-state index contributed by atoms with van der Waals surface area (Å²) in [6.45, 7) is 7.98. The Morgan fingerprint density at radius 3 is 2.67 bits per heavy atom. The molecule has 0 radical (unpaired) electrons. The highest BCUT2D eigenvalue weighted by Crippen LogP contribution is 2.48. The van der Waals surface area contributed by atoms with Gasteiger partial charge in [-0.25, -0.2) is 0 Å². The zero-order chi connectivity index (χ0) is 17.3. The fourth-order valence-electron chi connectivity index (χ4n) is 3.95. The summed E-state index contributed by atoms with van der Waals surface area (Å²) in [6.07, 6.45) is 2.38. The first-order valence-corrected chi connectivity index (χ1v) is 8.82. The lowest BCUT2D eigenvalue weighted by Crippen LogP contribution is -2.39. The van der Waals surface area contributed by atoms with Gasteiger partial charge in [0, 0.05) is 30.1 Å². The van der Waals surface area contributed by atoms with E-state index >= 15 is 0 Å². The molecule has 0 aliphatic carbocycles. The predicted molar refractivity (Wildman–Crippen MR) is 99.6 cm³/mol. The van der Waals surface area contributed by atoms with Crippen LogP contribution in [0.25, 0.3) is 10.8 Å². The smallest absolute Gasteiger partial charge is 0.305 e. The average molecular weight is 325 g/mol. The molecule has 1 atom stereocenters. The molecule has 0 bridgehead atoms. The number of benzene rings is 2. The highest BCUT2D eigenvalue weighted by Gasteiger charge is 2.42. The van der Waals surface area contributed by atoms with Gasteiger partial charge in [-0.15, -0.1) is 0 Å². The molecule has 0 amide bonds. The summed E-state index contributed by atoms with van der Waals surface area (Å²) < 4.78 is 4.73. The van der Waals surface area contributed by atoms with Crippen LogP contribution in [-0.2, 0) is 14.9 Å². The van der Waals surface area contributed by atoms with Crippen LogP contribution in [0.4, 0.5) is 5.69 Å². The van der Waals surface area contributed by atoms with E-state index in [0.29, 0.717) is 12.5 Å². The first kappa shape index (κ1) is 16.8. The van der Waals surface area contributed by atoms with Crippen molar-refractivity contribution in [1.82, 2.24) is 0 Å². The Bertz CT molecular complexity index is 751. The van der Waals surface area contributed by atoms with E-state index in [1.807, 2.05) is 0 Å². The summed E-state index contributed by atoms with van der Waals surface area (Å²) >= 11 is 0. The fraction of sp³-hybridized carbons (Fsp3) is 0.476. The molecule has 0 fully saturated rings. The van der Waals surface area contributed by atoms with Crippen LogP contribution in [0.15, 0.2) is 36.4 Å². The number of unbranched alkanes of at least 4 members (excludes halogenated alkanes) is 1. The highest BCUT2D eigenvalue weighted by atomic mass is 16.5. The summed E-state index contributed by atoms with van der Waals surface area (Å²) in [5, 5.41) is 2.67. The second-order valence-electron chi connectivity index (χ2n) is 7.31. The monoisotopic (exact) mass is 325 g/mol. The van der Waals surface area contributed by atoms with Gasteiger partial charge in [0.2, 0.25) is 0 Å². The standard InChI is InChI=1S/C21H27NO2/c1-15-21(2,3)20-17-10-6-5-9-16(17)12-13-18(20)22(15)14-8-7-11-19(23)24-4/h5-6,9-10,12-13,15H,7-8,11,14H2,1-4H3. The average Bonchev–Trinajstić information content (AvgIpc) is 2.78. The van der Waals surface area contributed by atoms with Crippen molar-refractivity contribution in [2.75, 3.05) is 18.6 Å². The number of ether oxygens (including phenoxy) is 1. The molecule has 1 unspecified atom stereocenters. The second-order valence-corrected chi connectivity index (χ2v) is 7.31. The fourth-order valence-corrected chi connectivity index (χ4v) is 3.95. The van der Waals surface area contributed by atoms with Crippen LogP contribution >= 0.6 is 0 Å². The molecule has 2 aromatic carbocycles. The summed E-state index contributed by atoms with van der Waals surface area (Å²) in [7, 11) is 1.45. The zero-order valence-electron chi connectivity index (χ0n) is 15.1. The Morgan fingerprint density at radius 1 is 1.17 bits per heavy atom. The van der Waals surface area contributed by atoms with Gasteiger partial charge in [-0.2, -0.15) is 0 Å². The van der Waals surface area contributed by atoms with Crippen molar-refractivity contribution < 1.29 is 9.53 Å². The van der Waals surface area contributed by atoms with Gasteiger partial charge in [-0.05, 0) is 42.2 Å². The molecular formula is C21H27NO2. The minimum Gasteiger partial charge on any atom is -0.469 e. The number of esters is 1. The lowest BCUT2D eigenvalue weighted by Gasteiger charge is -2.31. The molecule has 3 nitrogen and oxygen atoms in total. The molecule has 1 heterocycles. The number of anilines is 1. The molecule has 0 aromatic heterocycles. The van der Waals surface area contributed by atoms with Crippen LogP contribution in [0.5, 0.6) is 0 Å². The number of hydrogen-bond donors (Lipinski definition) is 0. The van der Waals surface area contributed by atoms with Gasteiger partial charge >= 0.3 is 5.97 Å². The van der Waals surface area contributed by atoms with E-state index < -0.39 is 0 Å². The van der Waals surface area contributed by atoms with E-state index in [1.165, 1.54) is 29.1 Å². The quantitative estimate of drug-likeness (QED) is 0.591. The maximum atomic E-state index is 11.3. The SMILES string of the molecule is COC(=O)CCCCN1c2ccc3ccccc3c2C(C)(C)C1C. The van der Waals surface area contributed by atoms with Crippen molar-refractivity contribution in [3.63, 3.8) is 0 Å². The molecule has 0 spiro atoms. The van der Waals surface area contributed by atoms with Crippen molar-refractivity contribution in [3.05, 3.63) is 42.0 Å². The van der Waals surface area contributed by atoms with Gasteiger partial charge in [0.1, 0.15) is 0 Å². The van der Waals surface area contributed by atoms with Crippen molar-refractivity contribution in [1.29, 1.82) is 0 Å². The molecule has 0 saturated carbocycles. The topological polar surface area (TPSA) is 29.5 Å². The van der Waals surface area contributed by atoms with Crippen molar-refractivity contribution in [2.45, 2.75) is 51.5 Å². The molecule has 0 N–H and O–H groups in total. The molecule has 24 heavy (non-hydrogen) atoms. The predicted octanol–water partition coefficient (Wildman–Crippen LogP) is 4.67. The Hall–Kier alpha value is -2.03. The number of rotatable bonds is 5. The lowest BCUT2D eigenvalue weighted by molar-refractivity contribution is -0.140. The Morgan fingerprint density at radius 2 is 1.92 bits per heavy atom. The van der Waals surface area contributed by atoms with Crippen LogP contribution in [0.1, 0.15) is 45.6 Å². The van der Waals surface area contributed by atoms with Crippen LogP contribution in [0.2, 0.25) is 0 Å². The number of hydrogen-bond acceptors (Lipinski definition) is 3. The van der Waals surface area contributed by atoms with Crippen molar-refractivity contribution in [3.8, 4) is 0 Å². The first-order chi connectivity index (χ1) is 11.5. The molecule has 1 aliphatic heterocycles. The van der Waals surface area contributed by atoms with Gasteiger partial charge in [0.15, 0.2) is 0 Å². The molecule has 3 heteroatoms. The number of carbonyl (C=O) groups is 1. The van der Waals surface area contributed by atoms with Gasteiger partial charge < -0.3 is 9.64 Å². The van der Waals surface area contributed by atoms with E-state index in [0.717, 1.165) is 19.4 Å². The lowest BCUT2D eigenvalue weighted by atomic mass is 9.79. The molecule has 1 aliphatic rings. The molecule has 2 aromatic rings. The first-order valence-electron chi connectivity index (χ1n) is 8.82. The van der Waals surface area contributed by atoms with E-state index in [4.69, 9.17) is 4.74 Å². The normalized spacial score (nSPS) is 18.7. The van der Waals surface area contributed by atoms with Gasteiger partial charge in [0.05, 0.1) is 7.11 Å². The number of methoxy groups -OCH3 is 1. The number of nitrogens with zero attached hydrogens (tertiary/aromatic N) is 1. The van der Waals surface area contributed by atoms with E-state index in [1.54, 1.807) is 0 Å². The molecule has 3 rings (SSSR count). The third-order valence-electron chi connectivity index (χ3n) is 5.63. The largest absolute Gasteiger partial charge is 0.469 e. The Labute approximate surface area is 144 Å². The maximum Gasteiger partial charge on any atom is 0.305 e. The van der Waals surface area contributed by atoms with Gasteiger partial charge in [0.25, 0.3) is 0 Å². The summed E-state index contributed by atoms with van der Waals surface area (Å²) in [5.74, 6) is -0.115. The van der Waals surface area contributed by atoms with Gasteiger partial charge in [-0.1, -0.05) is 44.2 Å². The third kappa shape index (κ3) is 2.77. The minimum absolute atomic E-state index is 0.110. The molecule has 0 saturated heterocycles. The van der Waals surface area contributed by atoms with Crippen LogP contribution in [0, 0.1) is 0 Å². The van der Waals surface area contributed by atoms with Crippen LogP contribution in [0.3, 0.4) is 0 Å². The Balaban J connectivity index is 1.86. The van der Waals surface area contributed by atoms with E-state index in [9.17, 15) is 4.79 Å². The summed E-state index contributed by atoms with van der Waals surface area (Å²) in [6, 6.07) is 13.6. The second kappa shape index (κ2) is 6.46.